The van der Waals surface area contributed by atoms with Gasteiger partial charge in [-0.2, -0.15) is 0 Å². The Kier molecular flexibility index (Phi) is 10.6. The molecule has 0 unspecified atom stereocenters. The monoisotopic (exact) mass is 429 g/mol. The molecule has 1 saturated heterocycles. The van der Waals surface area contributed by atoms with Crippen LogP contribution < -0.4 is 15.5 Å². The van der Waals surface area contributed by atoms with Crippen molar-refractivity contribution in [3.8, 4) is 0 Å². The molecule has 3 rings (SSSR count). The van der Waals surface area contributed by atoms with Gasteiger partial charge in [0.05, 0.1) is 0 Å². The van der Waals surface area contributed by atoms with Crippen LogP contribution in [0.4, 0.5) is 5.69 Å². The lowest BCUT2D eigenvalue weighted by Gasteiger charge is -2.36. The molecule has 1 saturated carbocycles. The van der Waals surface area contributed by atoms with Crippen LogP contribution in [-0.4, -0.2) is 32.1 Å². The molecule has 1 aromatic rings. The Labute approximate surface area is 183 Å². The van der Waals surface area contributed by atoms with E-state index in [1.165, 1.54) is 24.1 Å². The standard InChI is InChI=1S/C22H35N3O.2ClH/c1-16(2)19-9-8-17(3)14-20(19)22(26)24-15-18-6-4-5-7-21(18)25-12-10-23-11-13-25;;/h4-7,16-17,19-20,23H,8-15H2,1-3H3,(H,24,26);2*1H/t17-,19+,20-;;/m1../s1. The average Bonchev–Trinajstić information content (AvgIpc) is 2.66. The Bertz CT molecular complexity index is 605. The van der Waals surface area contributed by atoms with Gasteiger partial charge in [0.1, 0.15) is 0 Å². The number of rotatable bonds is 5. The van der Waals surface area contributed by atoms with Crippen LogP contribution in [0.25, 0.3) is 0 Å². The van der Waals surface area contributed by atoms with E-state index in [1.807, 2.05) is 0 Å². The van der Waals surface area contributed by atoms with Crippen LogP contribution in [0.5, 0.6) is 0 Å². The number of amides is 1. The van der Waals surface area contributed by atoms with E-state index in [2.05, 4.69) is 60.6 Å². The van der Waals surface area contributed by atoms with Gasteiger partial charge in [0.2, 0.25) is 5.91 Å². The summed E-state index contributed by atoms with van der Waals surface area (Å²) in [7, 11) is 0. The third-order valence-electron chi connectivity index (χ3n) is 6.26. The molecule has 1 aliphatic carbocycles. The van der Waals surface area contributed by atoms with E-state index < -0.39 is 0 Å². The van der Waals surface area contributed by atoms with E-state index >= 15 is 0 Å². The van der Waals surface area contributed by atoms with Crippen molar-refractivity contribution in [2.24, 2.45) is 23.7 Å². The molecule has 0 bridgehead atoms. The summed E-state index contributed by atoms with van der Waals surface area (Å²) in [5.41, 5.74) is 2.50. The van der Waals surface area contributed by atoms with Gasteiger partial charge in [-0.1, -0.05) is 45.4 Å². The Hall–Kier alpha value is -0.970. The molecule has 0 spiro atoms. The number of halogens is 2. The summed E-state index contributed by atoms with van der Waals surface area (Å²) >= 11 is 0. The molecule has 6 heteroatoms. The number of carbonyl (C=O) groups excluding carboxylic acids is 1. The molecule has 0 aromatic heterocycles. The third kappa shape index (κ3) is 6.27. The Morgan fingerprint density at radius 1 is 1.18 bits per heavy atom. The van der Waals surface area contributed by atoms with Gasteiger partial charge in [-0.15, -0.1) is 24.8 Å². The van der Waals surface area contributed by atoms with Gasteiger partial charge in [-0.25, -0.2) is 0 Å². The number of hydrogen-bond donors (Lipinski definition) is 2. The van der Waals surface area contributed by atoms with Crippen LogP contribution >= 0.6 is 24.8 Å². The zero-order valence-electron chi connectivity index (χ0n) is 17.4. The Morgan fingerprint density at radius 3 is 2.54 bits per heavy atom. The molecule has 160 valence electrons. The molecule has 2 aliphatic rings. The number of piperazine rings is 1. The fraction of sp³-hybridized carbons (Fsp3) is 0.682. The van der Waals surface area contributed by atoms with Crippen molar-refractivity contribution < 1.29 is 4.79 Å². The van der Waals surface area contributed by atoms with Crippen LogP contribution in [0.3, 0.4) is 0 Å². The summed E-state index contributed by atoms with van der Waals surface area (Å²) < 4.78 is 0. The Morgan fingerprint density at radius 2 is 1.86 bits per heavy atom. The van der Waals surface area contributed by atoms with Gasteiger partial charge in [0.25, 0.3) is 0 Å². The lowest BCUT2D eigenvalue weighted by atomic mass is 9.70. The van der Waals surface area contributed by atoms with Gasteiger partial charge in [0.15, 0.2) is 0 Å². The van der Waals surface area contributed by atoms with Gasteiger partial charge in [-0.05, 0) is 42.2 Å². The highest BCUT2D eigenvalue weighted by atomic mass is 35.5. The molecule has 1 amide bonds. The number of anilines is 1. The quantitative estimate of drug-likeness (QED) is 0.734. The van der Waals surface area contributed by atoms with Crippen molar-refractivity contribution in [2.75, 3.05) is 31.1 Å². The summed E-state index contributed by atoms with van der Waals surface area (Å²) in [6.45, 7) is 11.6. The molecule has 1 heterocycles. The average molecular weight is 430 g/mol. The maximum atomic E-state index is 13.0. The molecular formula is C22H37Cl2N3O. The first-order chi connectivity index (χ1) is 12.6. The van der Waals surface area contributed by atoms with Crippen molar-refractivity contribution in [3.63, 3.8) is 0 Å². The number of benzene rings is 1. The predicted octanol–water partition coefficient (Wildman–Crippen LogP) is 4.26. The molecule has 2 fully saturated rings. The van der Waals surface area contributed by atoms with E-state index in [-0.39, 0.29) is 36.6 Å². The molecule has 4 nitrogen and oxygen atoms in total. The second-order valence-corrected chi connectivity index (χ2v) is 8.52. The molecule has 0 radical (unpaired) electrons. The van der Waals surface area contributed by atoms with Crippen LogP contribution in [0.2, 0.25) is 0 Å². The molecule has 3 atom stereocenters. The fourth-order valence-electron chi connectivity index (χ4n) is 4.69. The number of hydrogen-bond acceptors (Lipinski definition) is 3. The van der Waals surface area contributed by atoms with Crippen molar-refractivity contribution in [1.29, 1.82) is 0 Å². The first-order valence-corrected chi connectivity index (χ1v) is 10.4. The van der Waals surface area contributed by atoms with Crippen LogP contribution in [-0.2, 0) is 11.3 Å². The summed E-state index contributed by atoms with van der Waals surface area (Å²) in [5.74, 6) is 2.19. The number of carbonyl (C=O) groups is 1. The molecule has 1 aliphatic heterocycles. The second-order valence-electron chi connectivity index (χ2n) is 8.52. The number of para-hydroxylation sites is 1. The topological polar surface area (TPSA) is 44.4 Å². The van der Waals surface area contributed by atoms with Gasteiger partial charge in [-0.3, -0.25) is 4.79 Å². The number of nitrogens with zero attached hydrogens (tertiary/aromatic N) is 1. The van der Waals surface area contributed by atoms with Crippen molar-refractivity contribution in [1.82, 2.24) is 10.6 Å². The summed E-state index contributed by atoms with van der Waals surface area (Å²) in [6, 6.07) is 8.51. The minimum absolute atomic E-state index is 0. The van der Waals surface area contributed by atoms with E-state index in [9.17, 15) is 4.79 Å². The summed E-state index contributed by atoms with van der Waals surface area (Å²) in [6.07, 6.45) is 3.49. The van der Waals surface area contributed by atoms with Gasteiger partial charge >= 0.3 is 0 Å². The first-order valence-electron chi connectivity index (χ1n) is 10.4. The largest absolute Gasteiger partial charge is 0.369 e. The highest BCUT2D eigenvalue weighted by molar-refractivity contribution is 5.85. The van der Waals surface area contributed by atoms with Crippen molar-refractivity contribution in [2.45, 2.75) is 46.6 Å². The minimum Gasteiger partial charge on any atom is -0.369 e. The third-order valence-corrected chi connectivity index (χ3v) is 6.26. The normalized spacial score (nSPS) is 24.9. The maximum Gasteiger partial charge on any atom is 0.223 e. The number of nitrogens with one attached hydrogen (secondary N) is 2. The molecular weight excluding hydrogens is 393 g/mol. The maximum absolute atomic E-state index is 13.0. The smallest absolute Gasteiger partial charge is 0.223 e. The SMILES string of the molecule is CC(C)[C@@H]1CC[C@@H](C)C[C@H]1C(=O)NCc1ccccc1N1CCNCC1.Cl.Cl. The molecule has 1 aromatic carbocycles. The highest BCUT2D eigenvalue weighted by Crippen LogP contribution is 2.38. The second kappa shape index (κ2) is 11.9. The lowest BCUT2D eigenvalue weighted by Crippen LogP contribution is -2.44. The van der Waals surface area contributed by atoms with E-state index in [4.69, 9.17) is 0 Å². The van der Waals surface area contributed by atoms with E-state index in [1.54, 1.807) is 0 Å². The zero-order valence-corrected chi connectivity index (χ0v) is 19.1. The first kappa shape index (κ1) is 25.1. The van der Waals surface area contributed by atoms with E-state index in [0.29, 0.717) is 24.3 Å². The van der Waals surface area contributed by atoms with Gasteiger partial charge < -0.3 is 15.5 Å². The lowest BCUT2D eigenvalue weighted by molar-refractivity contribution is -0.129. The molecule has 2 N–H and O–H groups in total. The van der Waals surface area contributed by atoms with Crippen LogP contribution in [0, 0.1) is 23.7 Å². The van der Waals surface area contributed by atoms with Crippen molar-refractivity contribution >= 4 is 36.4 Å². The van der Waals surface area contributed by atoms with Gasteiger partial charge in [0, 0.05) is 44.3 Å². The van der Waals surface area contributed by atoms with Crippen LogP contribution in [0.1, 0.15) is 45.6 Å². The fourth-order valence-corrected chi connectivity index (χ4v) is 4.69. The summed E-state index contributed by atoms with van der Waals surface area (Å²) in [5, 5.41) is 6.68. The van der Waals surface area contributed by atoms with Crippen LogP contribution in [0.15, 0.2) is 24.3 Å². The van der Waals surface area contributed by atoms with Crippen molar-refractivity contribution in [3.05, 3.63) is 29.8 Å². The molecule has 28 heavy (non-hydrogen) atoms. The highest BCUT2D eigenvalue weighted by Gasteiger charge is 2.35. The van der Waals surface area contributed by atoms with E-state index in [0.717, 1.165) is 32.6 Å². The predicted molar refractivity (Wildman–Crippen MR) is 123 cm³/mol. The summed E-state index contributed by atoms with van der Waals surface area (Å²) in [4.78, 5) is 15.4. The minimum atomic E-state index is 0. The zero-order chi connectivity index (χ0) is 18.5. The Balaban J connectivity index is 0.00000196.